The van der Waals surface area contributed by atoms with E-state index in [9.17, 15) is 15.2 Å². The van der Waals surface area contributed by atoms with Gasteiger partial charge in [0.1, 0.15) is 11.6 Å². The van der Waals surface area contributed by atoms with Crippen LogP contribution in [0.4, 0.5) is 11.6 Å². The summed E-state index contributed by atoms with van der Waals surface area (Å²) in [5.74, 6) is 0.609. The van der Waals surface area contributed by atoms with Crippen molar-refractivity contribution in [1.82, 2.24) is 15.3 Å². The number of pyridine rings is 2. The summed E-state index contributed by atoms with van der Waals surface area (Å²) in [6.07, 6.45) is 8.29. The standard InChI is InChI=1S/C30H39ClN6O4/c1-20(17-41-30(9-10-30)28(38)39)35-21-5-7-22(8-6-21)36-27-15-23(24(31)16-33-27)25-3-2-4-26(37-25)34-19-29(18-32)11-13-40-14-12-29/h2-4,15-16,20-22,35H,5-14,17,19H2,1H3,(H,33,36)(H,34,37)(H,38,39)/t20-,21?,22?/m0/s1. The molecule has 2 aromatic rings. The molecule has 0 spiro atoms. The second-order valence-electron chi connectivity index (χ2n) is 11.7. The smallest absolute Gasteiger partial charge is 0.335 e. The van der Waals surface area contributed by atoms with Crippen LogP contribution in [0.2, 0.25) is 5.02 Å². The van der Waals surface area contributed by atoms with Gasteiger partial charge in [-0.15, -0.1) is 0 Å². The Balaban J connectivity index is 1.13. The van der Waals surface area contributed by atoms with Crippen LogP contribution in [0.3, 0.4) is 0 Å². The number of carboxylic acid groups (broad SMARTS) is 1. The second-order valence-corrected chi connectivity index (χ2v) is 12.1. The number of nitrogens with one attached hydrogen (secondary N) is 3. The molecule has 1 atom stereocenters. The van der Waals surface area contributed by atoms with Gasteiger partial charge in [0.2, 0.25) is 0 Å². The average molecular weight is 583 g/mol. The molecule has 1 aliphatic heterocycles. The third kappa shape index (κ3) is 7.46. The molecule has 220 valence electrons. The molecule has 4 N–H and O–H groups in total. The van der Waals surface area contributed by atoms with E-state index in [1.54, 1.807) is 6.20 Å². The van der Waals surface area contributed by atoms with Gasteiger partial charge in [-0.25, -0.2) is 14.8 Å². The largest absolute Gasteiger partial charge is 0.479 e. The molecule has 3 aliphatic rings. The summed E-state index contributed by atoms with van der Waals surface area (Å²) >= 11 is 6.55. The third-order valence-electron chi connectivity index (χ3n) is 8.48. The van der Waals surface area contributed by atoms with Crippen LogP contribution in [0.25, 0.3) is 11.3 Å². The molecule has 11 heteroatoms. The lowest BCUT2D eigenvalue weighted by molar-refractivity contribution is -0.154. The van der Waals surface area contributed by atoms with Crippen molar-refractivity contribution in [3.63, 3.8) is 0 Å². The molecular weight excluding hydrogens is 544 g/mol. The van der Waals surface area contributed by atoms with E-state index in [0.717, 1.165) is 42.8 Å². The Labute approximate surface area is 246 Å². The van der Waals surface area contributed by atoms with Crippen LogP contribution in [0.1, 0.15) is 58.3 Å². The molecule has 41 heavy (non-hydrogen) atoms. The molecule has 5 rings (SSSR count). The third-order valence-corrected chi connectivity index (χ3v) is 8.78. The fourth-order valence-electron chi connectivity index (χ4n) is 5.63. The van der Waals surface area contributed by atoms with Crippen molar-refractivity contribution >= 4 is 29.2 Å². The number of nitrogens with zero attached hydrogens (tertiary/aromatic N) is 3. The minimum Gasteiger partial charge on any atom is -0.479 e. The lowest BCUT2D eigenvalue weighted by Crippen LogP contribution is -2.44. The van der Waals surface area contributed by atoms with Gasteiger partial charge in [0.15, 0.2) is 5.60 Å². The van der Waals surface area contributed by atoms with Gasteiger partial charge in [-0.3, -0.25) is 0 Å². The first kappa shape index (κ1) is 29.5. The number of aliphatic carboxylic acids is 1. The Hall–Kier alpha value is -2.97. The van der Waals surface area contributed by atoms with Crippen molar-refractivity contribution in [2.75, 3.05) is 37.0 Å². The quantitative estimate of drug-likeness (QED) is 0.274. The van der Waals surface area contributed by atoms with Gasteiger partial charge in [-0.1, -0.05) is 17.7 Å². The lowest BCUT2D eigenvalue weighted by atomic mass is 9.82. The molecule has 0 radical (unpaired) electrons. The molecule has 3 heterocycles. The summed E-state index contributed by atoms with van der Waals surface area (Å²) in [7, 11) is 0. The normalized spacial score (nSPS) is 23.6. The Morgan fingerprint density at radius 3 is 2.61 bits per heavy atom. The van der Waals surface area contributed by atoms with Crippen LogP contribution in [0, 0.1) is 16.7 Å². The predicted octanol–water partition coefficient (Wildman–Crippen LogP) is 4.86. The highest BCUT2D eigenvalue weighted by atomic mass is 35.5. The summed E-state index contributed by atoms with van der Waals surface area (Å²) in [4.78, 5) is 20.6. The predicted molar refractivity (Wildman–Crippen MR) is 157 cm³/mol. The number of hydrogen-bond acceptors (Lipinski definition) is 9. The van der Waals surface area contributed by atoms with Crippen LogP contribution in [0.5, 0.6) is 0 Å². The first-order valence-corrected chi connectivity index (χ1v) is 14.9. The number of hydrogen-bond donors (Lipinski definition) is 4. The maximum Gasteiger partial charge on any atom is 0.335 e. The number of aromatic nitrogens is 2. The molecule has 0 unspecified atom stereocenters. The Kier molecular flexibility index (Phi) is 9.29. The molecule has 0 amide bonds. The monoisotopic (exact) mass is 582 g/mol. The van der Waals surface area contributed by atoms with Crippen LogP contribution in [0.15, 0.2) is 30.5 Å². The molecule has 2 aliphatic carbocycles. The van der Waals surface area contributed by atoms with Crippen LogP contribution >= 0.6 is 11.6 Å². The maximum absolute atomic E-state index is 11.3. The van der Waals surface area contributed by atoms with E-state index < -0.39 is 17.0 Å². The van der Waals surface area contributed by atoms with Crippen molar-refractivity contribution in [2.24, 2.45) is 5.41 Å². The zero-order chi connectivity index (χ0) is 28.9. The highest BCUT2D eigenvalue weighted by molar-refractivity contribution is 6.33. The Bertz CT molecular complexity index is 1250. The topological polar surface area (TPSA) is 141 Å². The van der Waals surface area contributed by atoms with Crippen molar-refractivity contribution in [1.29, 1.82) is 5.26 Å². The molecule has 2 saturated carbocycles. The number of anilines is 2. The van der Waals surface area contributed by atoms with Crippen molar-refractivity contribution in [3.05, 3.63) is 35.5 Å². The Morgan fingerprint density at radius 1 is 1.20 bits per heavy atom. The van der Waals surface area contributed by atoms with E-state index in [1.165, 1.54) is 0 Å². The van der Waals surface area contributed by atoms with E-state index in [1.807, 2.05) is 31.2 Å². The zero-order valence-electron chi connectivity index (χ0n) is 23.5. The van der Waals surface area contributed by atoms with Gasteiger partial charge in [0, 0.05) is 49.6 Å². The van der Waals surface area contributed by atoms with Crippen LogP contribution in [-0.4, -0.2) is 71.1 Å². The van der Waals surface area contributed by atoms with Crippen LogP contribution in [-0.2, 0) is 14.3 Å². The zero-order valence-corrected chi connectivity index (χ0v) is 24.3. The highest BCUT2D eigenvalue weighted by Crippen LogP contribution is 2.40. The maximum atomic E-state index is 11.3. The second kappa shape index (κ2) is 12.9. The Morgan fingerprint density at radius 2 is 1.93 bits per heavy atom. The number of rotatable bonds is 12. The molecule has 2 aromatic heterocycles. The molecule has 0 aromatic carbocycles. The number of nitriles is 1. The average Bonchev–Trinajstić information content (AvgIpc) is 3.79. The van der Waals surface area contributed by atoms with Gasteiger partial charge in [-0.2, -0.15) is 5.26 Å². The van der Waals surface area contributed by atoms with Gasteiger partial charge >= 0.3 is 5.97 Å². The van der Waals surface area contributed by atoms with Gasteiger partial charge < -0.3 is 30.5 Å². The van der Waals surface area contributed by atoms with Gasteiger partial charge in [-0.05, 0) is 76.5 Å². The molecule has 0 bridgehead atoms. The summed E-state index contributed by atoms with van der Waals surface area (Å²) in [5, 5.41) is 30.1. The van der Waals surface area contributed by atoms with E-state index in [-0.39, 0.29) is 6.04 Å². The summed E-state index contributed by atoms with van der Waals surface area (Å²) in [6.45, 7) is 4.18. The van der Waals surface area contributed by atoms with E-state index in [2.05, 4.69) is 27.0 Å². The highest BCUT2D eigenvalue weighted by Gasteiger charge is 2.52. The number of carboxylic acids is 1. The fourth-order valence-corrected chi connectivity index (χ4v) is 5.83. The molecule has 3 fully saturated rings. The van der Waals surface area contributed by atoms with Crippen LogP contribution < -0.4 is 16.0 Å². The summed E-state index contributed by atoms with van der Waals surface area (Å²) in [5.41, 5.74) is 0.151. The number of ether oxygens (including phenoxy) is 2. The van der Waals surface area contributed by atoms with Crippen molar-refractivity contribution < 1.29 is 19.4 Å². The SMILES string of the molecule is C[C@@H](COC1(C(=O)O)CC1)NC1CCC(Nc2cc(-c3cccc(NCC4(C#N)CCOCC4)n3)c(Cl)cn2)CC1. The summed E-state index contributed by atoms with van der Waals surface area (Å²) < 4.78 is 11.1. The fraction of sp³-hybridized carbons (Fsp3) is 0.600. The summed E-state index contributed by atoms with van der Waals surface area (Å²) in [6, 6.07) is 11.0. The molecule has 10 nitrogen and oxygen atoms in total. The van der Waals surface area contributed by atoms with Crippen molar-refractivity contribution in [3.8, 4) is 17.3 Å². The van der Waals surface area contributed by atoms with Gasteiger partial charge in [0.05, 0.1) is 28.8 Å². The minimum absolute atomic E-state index is 0.0988. The van der Waals surface area contributed by atoms with E-state index in [0.29, 0.717) is 75.0 Å². The molecular formula is C30H39ClN6O4. The first-order valence-electron chi connectivity index (χ1n) is 14.6. The number of halogens is 1. The molecule has 1 saturated heterocycles. The first-order chi connectivity index (χ1) is 19.8. The lowest BCUT2D eigenvalue weighted by Gasteiger charge is -2.32. The van der Waals surface area contributed by atoms with E-state index in [4.69, 9.17) is 26.1 Å². The van der Waals surface area contributed by atoms with Gasteiger partial charge in [0.25, 0.3) is 0 Å². The number of carbonyl (C=O) groups is 1. The minimum atomic E-state index is -0.944. The van der Waals surface area contributed by atoms with Crippen molar-refractivity contribution in [2.45, 2.75) is 82.0 Å². The van der Waals surface area contributed by atoms with E-state index >= 15 is 0 Å².